The molecule has 0 radical (unpaired) electrons. The third-order valence-corrected chi connectivity index (χ3v) is 7.92. The van der Waals surface area contributed by atoms with Crippen molar-refractivity contribution >= 4 is 11.9 Å². The summed E-state index contributed by atoms with van der Waals surface area (Å²) in [6.07, 6.45) is 5.56. The number of benzene rings is 1. The number of amides is 1. The number of anilines is 1. The first-order chi connectivity index (χ1) is 17.9. The van der Waals surface area contributed by atoms with E-state index in [2.05, 4.69) is 27.1 Å². The van der Waals surface area contributed by atoms with E-state index in [1.165, 1.54) is 0 Å². The van der Waals surface area contributed by atoms with Crippen molar-refractivity contribution in [3.8, 4) is 17.2 Å². The van der Waals surface area contributed by atoms with Gasteiger partial charge in [0, 0.05) is 39.6 Å². The number of nitrogens with zero attached hydrogens (tertiary/aromatic N) is 4. The Morgan fingerprint density at radius 1 is 1.03 bits per heavy atom. The van der Waals surface area contributed by atoms with E-state index in [0.29, 0.717) is 49.7 Å². The highest BCUT2D eigenvalue weighted by Crippen LogP contribution is 2.37. The zero-order valence-corrected chi connectivity index (χ0v) is 21.6. The molecule has 37 heavy (non-hydrogen) atoms. The highest BCUT2D eigenvalue weighted by molar-refractivity contribution is 5.86. The number of ether oxygens (including phenoxy) is 3. The number of fused-ring (bicyclic) bond motifs is 3. The first-order valence-corrected chi connectivity index (χ1v) is 13.1. The topological polar surface area (TPSA) is 89.0 Å². The lowest BCUT2D eigenvalue weighted by atomic mass is 9.73. The SMILES string of the molecule is COCCOc1ccc(Oc2cnc(N3CCC(F)(C(=O)NC4(C)CN5CCC4CC5)CC3)nc2)cc1. The zero-order valence-electron chi connectivity index (χ0n) is 21.6. The van der Waals surface area contributed by atoms with Gasteiger partial charge in [0.15, 0.2) is 11.4 Å². The van der Waals surface area contributed by atoms with Crippen molar-refractivity contribution < 1.29 is 23.4 Å². The quantitative estimate of drug-likeness (QED) is 0.512. The van der Waals surface area contributed by atoms with Crippen LogP contribution >= 0.6 is 0 Å². The van der Waals surface area contributed by atoms with Crippen molar-refractivity contribution in [2.45, 2.75) is 43.8 Å². The van der Waals surface area contributed by atoms with Gasteiger partial charge in [-0.05, 0) is 63.0 Å². The van der Waals surface area contributed by atoms with E-state index in [-0.39, 0.29) is 18.4 Å². The number of carbonyl (C=O) groups excluding carboxylic acids is 1. The van der Waals surface area contributed by atoms with E-state index in [1.807, 2.05) is 29.2 Å². The van der Waals surface area contributed by atoms with Crippen LogP contribution in [0.3, 0.4) is 0 Å². The smallest absolute Gasteiger partial charge is 0.258 e. The van der Waals surface area contributed by atoms with Crippen LogP contribution in [0.25, 0.3) is 0 Å². The van der Waals surface area contributed by atoms with Crippen molar-refractivity contribution in [3.05, 3.63) is 36.7 Å². The van der Waals surface area contributed by atoms with Crippen LogP contribution in [-0.2, 0) is 9.53 Å². The molecule has 4 fully saturated rings. The Kier molecular flexibility index (Phi) is 7.48. The molecule has 0 saturated carbocycles. The molecule has 10 heteroatoms. The summed E-state index contributed by atoms with van der Waals surface area (Å²) in [5.74, 6) is 2.32. The molecule has 1 amide bonds. The van der Waals surface area contributed by atoms with Crippen molar-refractivity contribution in [1.82, 2.24) is 20.2 Å². The molecule has 2 bridgehead atoms. The molecule has 1 aromatic heterocycles. The van der Waals surface area contributed by atoms with Gasteiger partial charge in [0.25, 0.3) is 5.91 Å². The molecular weight excluding hydrogens is 477 g/mol. The fourth-order valence-corrected chi connectivity index (χ4v) is 5.63. The minimum atomic E-state index is -1.87. The number of halogens is 1. The summed E-state index contributed by atoms with van der Waals surface area (Å²) in [5.41, 5.74) is -2.21. The highest BCUT2D eigenvalue weighted by atomic mass is 19.1. The van der Waals surface area contributed by atoms with E-state index >= 15 is 4.39 Å². The van der Waals surface area contributed by atoms with Crippen molar-refractivity contribution in [2.24, 2.45) is 5.92 Å². The number of alkyl halides is 1. The number of methoxy groups -OCH3 is 1. The molecule has 0 spiro atoms. The predicted molar refractivity (Wildman–Crippen MR) is 137 cm³/mol. The molecule has 2 aromatic rings. The van der Waals surface area contributed by atoms with Gasteiger partial charge >= 0.3 is 0 Å². The second-order valence-corrected chi connectivity index (χ2v) is 10.5. The summed E-state index contributed by atoms with van der Waals surface area (Å²) < 4.78 is 32.1. The Bertz CT molecular complexity index is 1050. The normalized spacial score (nSPS) is 26.5. The van der Waals surface area contributed by atoms with E-state index in [9.17, 15) is 4.79 Å². The maximum Gasteiger partial charge on any atom is 0.258 e. The highest BCUT2D eigenvalue weighted by Gasteiger charge is 2.49. The molecule has 6 rings (SSSR count). The lowest BCUT2D eigenvalue weighted by molar-refractivity contribution is -0.139. The van der Waals surface area contributed by atoms with Crippen molar-refractivity contribution in [3.63, 3.8) is 0 Å². The summed E-state index contributed by atoms with van der Waals surface area (Å²) in [7, 11) is 1.63. The van der Waals surface area contributed by atoms with Gasteiger partial charge < -0.3 is 29.3 Å². The first kappa shape index (κ1) is 25.7. The molecule has 4 saturated heterocycles. The number of piperidine rings is 4. The lowest BCUT2D eigenvalue weighted by Crippen LogP contribution is -2.68. The second kappa shape index (κ2) is 10.8. The summed E-state index contributed by atoms with van der Waals surface area (Å²) in [6.45, 7) is 6.79. The third-order valence-electron chi connectivity index (χ3n) is 7.92. The molecule has 4 aliphatic rings. The van der Waals surface area contributed by atoms with E-state index in [0.717, 1.165) is 38.2 Å². The standard InChI is InChI=1S/C27H36FN5O4/c1-26(19-32-11-7-20(26)8-12-32)31-24(34)27(28)9-13-33(14-10-27)25-29-17-23(18-30-25)37-22-5-3-21(4-6-22)36-16-15-35-2/h3-6,17-18,20H,7-16,19H2,1-2H3,(H,31,34). The number of hydrogen-bond donors (Lipinski definition) is 1. The lowest BCUT2D eigenvalue weighted by Gasteiger charge is -2.52. The van der Waals surface area contributed by atoms with Crippen LogP contribution < -0.4 is 19.7 Å². The van der Waals surface area contributed by atoms with Crippen LogP contribution in [0.5, 0.6) is 17.2 Å². The van der Waals surface area contributed by atoms with Gasteiger partial charge in [-0.25, -0.2) is 14.4 Å². The van der Waals surface area contributed by atoms with Crippen molar-refractivity contribution in [1.29, 1.82) is 0 Å². The number of carbonyl (C=O) groups is 1. The molecular formula is C27H36FN5O4. The minimum absolute atomic E-state index is 0.115. The van der Waals surface area contributed by atoms with E-state index in [4.69, 9.17) is 14.2 Å². The molecule has 1 atom stereocenters. The van der Waals surface area contributed by atoms with Crippen LogP contribution in [-0.4, -0.2) is 85.0 Å². The van der Waals surface area contributed by atoms with Gasteiger partial charge in [-0.2, -0.15) is 0 Å². The Balaban J connectivity index is 1.12. The van der Waals surface area contributed by atoms with Crippen LogP contribution in [0, 0.1) is 5.92 Å². The molecule has 9 nitrogen and oxygen atoms in total. The van der Waals surface area contributed by atoms with Gasteiger partial charge in [-0.1, -0.05) is 0 Å². The van der Waals surface area contributed by atoms with E-state index in [1.54, 1.807) is 19.5 Å². The predicted octanol–water partition coefficient (Wildman–Crippen LogP) is 3.20. The minimum Gasteiger partial charge on any atom is -0.491 e. The second-order valence-electron chi connectivity index (χ2n) is 10.5. The zero-order chi connectivity index (χ0) is 25.9. The van der Waals surface area contributed by atoms with Gasteiger partial charge in [-0.3, -0.25) is 4.79 Å². The molecule has 5 heterocycles. The van der Waals surface area contributed by atoms with Gasteiger partial charge in [0.05, 0.1) is 24.5 Å². The third kappa shape index (κ3) is 5.80. The molecule has 1 aromatic carbocycles. The average Bonchev–Trinajstić information content (AvgIpc) is 2.91. The monoisotopic (exact) mass is 513 g/mol. The first-order valence-electron chi connectivity index (χ1n) is 13.1. The van der Waals surface area contributed by atoms with Gasteiger partial charge in [0.2, 0.25) is 5.95 Å². The Morgan fingerprint density at radius 3 is 2.27 bits per heavy atom. The van der Waals surface area contributed by atoms with Crippen molar-refractivity contribution in [2.75, 3.05) is 57.9 Å². The van der Waals surface area contributed by atoms with Crippen LogP contribution in [0.2, 0.25) is 0 Å². The summed E-state index contributed by atoms with van der Waals surface area (Å²) >= 11 is 0. The maximum absolute atomic E-state index is 15.7. The molecule has 1 N–H and O–H groups in total. The van der Waals surface area contributed by atoms with Crippen LogP contribution in [0.4, 0.5) is 10.3 Å². The van der Waals surface area contributed by atoms with E-state index < -0.39 is 11.6 Å². The van der Waals surface area contributed by atoms with Gasteiger partial charge in [0.1, 0.15) is 18.1 Å². The molecule has 4 aliphatic heterocycles. The Labute approximate surface area is 217 Å². The number of aromatic nitrogens is 2. The Morgan fingerprint density at radius 2 is 1.68 bits per heavy atom. The molecule has 1 unspecified atom stereocenters. The number of rotatable bonds is 9. The largest absolute Gasteiger partial charge is 0.491 e. The van der Waals surface area contributed by atoms with Gasteiger partial charge in [-0.15, -0.1) is 0 Å². The summed E-state index contributed by atoms with van der Waals surface area (Å²) in [6, 6.07) is 7.26. The fraction of sp³-hybridized carbons (Fsp3) is 0.593. The molecule has 200 valence electrons. The Hall–Kier alpha value is -2.98. The summed E-state index contributed by atoms with van der Waals surface area (Å²) in [5, 5.41) is 3.10. The number of hydrogen-bond acceptors (Lipinski definition) is 8. The fourth-order valence-electron chi connectivity index (χ4n) is 5.63. The molecule has 0 aliphatic carbocycles. The van der Waals surface area contributed by atoms with Crippen LogP contribution in [0.15, 0.2) is 36.7 Å². The average molecular weight is 514 g/mol. The summed E-state index contributed by atoms with van der Waals surface area (Å²) in [4.78, 5) is 26.1. The number of nitrogens with one attached hydrogen (secondary N) is 1. The van der Waals surface area contributed by atoms with Crippen LogP contribution in [0.1, 0.15) is 32.6 Å². The maximum atomic E-state index is 15.7.